The number of hydrogen-bond acceptors (Lipinski definition) is 12. The summed E-state index contributed by atoms with van der Waals surface area (Å²) in [6.45, 7) is 47.9. The molecule has 11 rings (SSSR count). The molecule has 8 aliphatic carbocycles. The molecule has 2 aromatic heterocycles. The van der Waals surface area contributed by atoms with Gasteiger partial charge >= 0.3 is 7.82 Å². The molecule has 0 bridgehead atoms. The second-order valence-corrected chi connectivity index (χ2v) is 43.7. The first-order chi connectivity index (χ1) is 50.9. The second-order valence-electron chi connectivity index (χ2n) is 37.1. The number of phosphoric acid groups is 1. The Balaban J connectivity index is 0.000000251. The van der Waals surface area contributed by atoms with E-state index < -0.39 is 45.7 Å². The summed E-state index contributed by atoms with van der Waals surface area (Å²) in [5, 5.41) is 18.7. The number of phosphoric ester groups is 1. The zero-order valence-electron chi connectivity index (χ0n) is 70.6. The van der Waals surface area contributed by atoms with Gasteiger partial charge in [-0.1, -0.05) is 165 Å². The van der Waals surface area contributed by atoms with Crippen LogP contribution in [0.4, 0.5) is 8.78 Å². The summed E-state index contributed by atoms with van der Waals surface area (Å²) in [5.41, 5.74) is 2.63. The van der Waals surface area contributed by atoms with Crippen LogP contribution in [0.1, 0.15) is 299 Å². The Bertz CT molecular complexity index is 3190. The van der Waals surface area contributed by atoms with Gasteiger partial charge in [0.2, 0.25) is 14.5 Å². The summed E-state index contributed by atoms with van der Waals surface area (Å²) >= 11 is 16.5. The zero-order valence-corrected chi connectivity index (χ0v) is 75.6. The maximum Gasteiger partial charge on any atom is 0.476 e. The van der Waals surface area contributed by atoms with E-state index in [9.17, 15) is 14.1 Å². The molecule has 1 N–H and O–H groups in total. The Kier molecular flexibility index (Phi) is 36.9. The number of aromatic nitrogens is 6. The summed E-state index contributed by atoms with van der Waals surface area (Å²) in [7, 11) is -5.32. The first-order valence-corrected chi connectivity index (χ1v) is 49.0. The molecule has 6 fully saturated rings. The number of halogens is 5. The summed E-state index contributed by atoms with van der Waals surface area (Å²) < 4.78 is 79.1. The van der Waals surface area contributed by atoms with Gasteiger partial charge < -0.3 is 14.2 Å². The van der Waals surface area contributed by atoms with Crippen LogP contribution in [0.5, 0.6) is 0 Å². The number of rotatable bonds is 30. The maximum atomic E-state index is 15.8. The molecule has 0 spiro atoms. The molecule has 22 heteroatoms. The van der Waals surface area contributed by atoms with Crippen LogP contribution in [0, 0.1) is 116 Å². The number of fused-ring (bicyclic) bond motifs is 10. The molecule has 14 nitrogen and oxygen atoms in total. The van der Waals surface area contributed by atoms with Gasteiger partial charge in [-0.3, -0.25) is 13.6 Å². The number of hydrogen-bond donors (Lipinski definition) is 1. The van der Waals surface area contributed by atoms with Gasteiger partial charge in [0.15, 0.2) is 0 Å². The number of allylic oxidation sites excluding steroid dienone is 2. The van der Waals surface area contributed by atoms with Gasteiger partial charge in [-0.05, 0) is 302 Å². The zero-order chi connectivity index (χ0) is 79.7. The number of nitrogens with zero attached hydrogens (tertiary/aromatic N) is 7. The third-order valence-corrected chi connectivity index (χ3v) is 32.5. The minimum atomic E-state index is -4.41. The van der Waals surface area contributed by atoms with Crippen molar-refractivity contribution in [2.24, 2.45) is 105 Å². The molecular weight excluding hydrogens is 1480 g/mol. The lowest BCUT2D eigenvalue weighted by Gasteiger charge is -2.58. The van der Waals surface area contributed by atoms with E-state index in [1.807, 2.05) is 13.8 Å². The van der Waals surface area contributed by atoms with Crippen LogP contribution in [0.25, 0.3) is 0 Å². The molecule has 0 radical (unpaired) electrons. The van der Waals surface area contributed by atoms with Crippen LogP contribution in [0.3, 0.4) is 0 Å². The van der Waals surface area contributed by atoms with Gasteiger partial charge in [-0.15, -0.1) is 0 Å². The molecule has 1 aromatic carbocycles. The molecule has 108 heavy (non-hydrogen) atoms. The average molecular weight is 1630 g/mol. The summed E-state index contributed by atoms with van der Waals surface area (Å²) in [6.07, 6.45) is 38.8. The van der Waals surface area contributed by atoms with Gasteiger partial charge in [-0.2, -0.15) is 10.2 Å². The van der Waals surface area contributed by atoms with E-state index in [0.29, 0.717) is 66.2 Å². The highest BCUT2D eigenvalue weighted by atomic mass is 35.9. The normalized spacial score (nSPS) is 30.8. The molecule has 6 saturated carbocycles. The summed E-state index contributed by atoms with van der Waals surface area (Å²) in [5.74, 6) is 10.0. The van der Waals surface area contributed by atoms with E-state index in [1.165, 1.54) is 155 Å². The largest absolute Gasteiger partial charge is 0.476 e. The lowest BCUT2D eigenvalue weighted by molar-refractivity contribution is -0.0638. The predicted molar refractivity (Wildman–Crippen MR) is 446 cm³/mol. The lowest BCUT2D eigenvalue weighted by Crippen LogP contribution is -2.51. The second kappa shape index (κ2) is 42.6. The van der Waals surface area contributed by atoms with Crippen molar-refractivity contribution in [2.45, 2.75) is 336 Å². The van der Waals surface area contributed by atoms with E-state index in [-0.39, 0.29) is 36.8 Å². The van der Waals surface area contributed by atoms with Gasteiger partial charge in [-0.25, -0.2) is 37.3 Å². The van der Waals surface area contributed by atoms with Crippen molar-refractivity contribution in [3.8, 4) is 0 Å². The van der Waals surface area contributed by atoms with Crippen molar-refractivity contribution in [2.75, 3.05) is 19.8 Å². The predicted octanol–water partition coefficient (Wildman–Crippen LogP) is 26.7. The van der Waals surface area contributed by atoms with Crippen molar-refractivity contribution in [3.63, 3.8) is 0 Å². The van der Waals surface area contributed by atoms with Crippen molar-refractivity contribution in [1.82, 2.24) is 34.2 Å². The quantitative estimate of drug-likeness (QED) is 0.0500. The molecule has 0 aliphatic heterocycles. The monoisotopic (exact) mass is 1630 g/mol. The molecule has 2 unspecified atom stereocenters. The fraction of sp³-hybridized carbons (Fsp3) is 0.837. The minimum absolute atomic E-state index is 0.0281. The fourth-order valence-electron chi connectivity index (χ4n) is 22.6. The first-order valence-electron chi connectivity index (χ1n) is 42.4. The van der Waals surface area contributed by atoms with Crippen LogP contribution in [0.15, 0.2) is 66.8 Å². The highest BCUT2D eigenvalue weighted by Gasteiger charge is 2.62. The number of aliphatic hydroxyl groups is 1. The molecule has 18 atom stereocenters. The molecule has 2 heterocycles. The molecule has 3 aromatic rings. The van der Waals surface area contributed by atoms with Crippen LogP contribution in [-0.2, 0) is 45.9 Å². The van der Waals surface area contributed by atoms with Crippen LogP contribution in [-0.4, -0.2) is 83.4 Å². The van der Waals surface area contributed by atoms with E-state index in [4.69, 9.17) is 51.8 Å². The van der Waals surface area contributed by atoms with Gasteiger partial charge in [0, 0.05) is 23.7 Å². The third kappa shape index (κ3) is 24.3. The standard InChI is InChI=1S/C42H61F2N6O4P.C27H46O.C8H19ClNOP.C7H16.C2H5Cl2OP/c1-7-52-55(51,54-42(23-49-27-45-25-47-49,24-50-28-46-26-48-50)38-14-12-32(43)22-39(38)44)53-33-17-19-40(5)31(21-33)11-13-34-36-16-15-35(30(4)10-8-9-29(2)3)41(36,6)20-18-37(34)40;1-18(2)7-6-8-19(3)23-11-12-24-22-10-9-20-17-21(28)13-15-26(20,4)25(22)14-16-27(23,24)5;1-6-11-12(9)10(7(2)3)8(4)5;1-6(2)5-7(3)4;1-2-5-6(3)4/h11-12,14,22,25-30,33-37H,7-10,13,15-21,23-24H2,1-6H3;9,18-19,21-25,28H,6-8,10-17H2,1-5H3;7-8H,6H2,1-5H3;6-7H,5H2,1-4H3;2H2,1H3/t30-,33+,34+,35-,36+,37+,40+,41-,55?;19-,21+,22+,23-,24+,25+,26+,27-;;;/m11.../s1. The first kappa shape index (κ1) is 93.7. The lowest BCUT2D eigenvalue weighted by atomic mass is 9.47. The highest BCUT2D eigenvalue weighted by molar-refractivity contribution is 8.00. The van der Waals surface area contributed by atoms with Crippen LogP contribution in [0.2, 0.25) is 0 Å². The highest BCUT2D eigenvalue weighted by Crippen LogP contribution is 2.70. The molecule has 8 aliphatic rings. The van der Waals surface area contributed by atoms with Crippen molar-refractivity contribution >= 4 is 56.1 Å². The van der Waals surface area contributed by atoms with E-state index in [0.717, 1.165) is 109 Å². The number of benzene rings is 1. The molecule has 618 valence electrons. The molecule has 0 saturated heterocycles. The Morgan fingerprint density at radius 1 is 0.611 bits per heavy atom. The molecular formula is C86H147Cl3F2N7O7P3. The fourth-order valence-corrected chi connectivity index (χ4v) is 27.4. The summed E-state index contributed by atoms with van der Waals surface area (Å²) in [6, 6.07) is 4.10. The molecule has 0 amide bonds. The van der Waals surface area contributed by atoms with Crippen LogP contribution >= 0.6 is 56.1 Å². The Hall–Kier alpha value is -1.48. The van der Waals surface area contributed by atoms with Gasteiger partial charge in [0.25, 0.3) is 0 Å². The number of aliphatic hydroxyl groups excluding tert-OH is 1. The van der Waals surface area contributed by atoms with Gasteiger partial charge in [0.05, 0.1) is 45.1 Å². The van der Waals surface area contributed by atoms with Crippen LogP contribution < -0.4 is 0 Å². The Morgan fingerprint density at radius 3 is 1.49 bits per heavy atom. The smallest absolute Gasteiger partial charge is 0.393 e. The van der Waals surface area contributed by atoms with Crippen molar-refractivity contribution < 1.29 is 41.1 Å². The Labute approximate surface area is 671 Å². The minimum Gasteiger partial charge on any atom is -0.393 e. The topological polar surface area (TPSA) is 148 Å². The Morgan fingerprint density at radius 2 is 1.09 bits per heavy atom. The average Bonchev–Trinajstić information content (AvgIpc) is 1.41. The summed E-state index contributed by atoms with van der Waals surface area (Å²) in [4.78, 5) is 8.10. The SMILES string of the molecule is CC(C)CC(C)C.CC(C)CCC[C@@H](C)[C@H]1CC[C@H]2[C@@H]3CC=C4C[C@@H](O)CC[C@]4(C)[C@H]3CC[C@]12C.CCOP(=O)(O[C@H]1CC[C@@]2(C)C(=CC[C@H]3[C@@H]4CC[C@H]([C@H](C)CCCC(C)C)[C@@]4(C)CC[C@@H]32)C1)OC(Cn1cncn1)(Cn1cncn1)c1ccc(F)cc1F.CCOP(Cl)Cl.CCOP(Cl)N(C(C)C)C(C)C. The van der Waals surface area contributed by atoms with Gasteiger partial charge in [0.1, 0.15) is 42.5 Å². The van der Waals surface area contributed by atoms with E-state index in [2.05, 4.69) is 166 Å². The van der Waals surface area contributed by atoms with Crippen molar-refractivity contribution in [3.05, 3.63) is 84.0 Å². The van der Waals surface area contributed by atoms with E-state index in [1.54, 1.807) is 12.5 Å². The maximum absolute atomic E-state index is 15.8. The van der Waals surface area contributed by atoms with Crippen molar-refractivity contribution in [1.29, 1.82) is 0 Å². The third-order valence-electron chi connectivity index (χ3n) is 27.2. The van der Waals surface area contributed by atoms with E-state index >= 15 is 4.39 Å².